The lowest BCUT2D eigenvalue weighted by Crippen LogP contribution is -2.19. The summed E-state index contributed by atoms with van der Waals surface area (Å²) < 4.78 is 27.5. The highest BCUT2D eigenvalue weighted by Crippen LogP contribution is 2.39. The summed E-state index contributed by atoms with van der Waals surface area (Å²) in [6.07, 6.45) is 0. The first-order chi connectivity index (χ1) is 17.2. The quantitative estimate of drug-likeness (QED) is 0.288. The maximum Gasteiger partial charge on any atom is 0.276 e. The Morgan fingerprint density at radius 3 is 2.50 bits per heavy atom. The number of H-pyrrole nitrogens is 1. The van der Waals surface area contributed by atoms with E-state index in [1.165, 1.54) is 11.4 Å². The first kappa shape index (κ1) is 25.2. The van der Waals surface area contributed by atoms with Crippen molar-refractivity contribution in [1.82, 2.24) is 9.97 Å². The molecule has 0 radical (unpaired) electrons. The van der Waals surface area contributed by atoms with Crippen molar-refractivity contribution in [3.05, 3.63) is 83.2 Å². The van der Waals surface area contributed by atoms with Crippen molar-refractivity contribution in [2.24, 2.45) is 0 Å². The number of aryl methyl sites for hydroxylation is 2. The number of nitrogens with one attached hydrogen (secondary N) is 2. The van der Waals surface area contributed by atoms with E-state index in [2.05, 4.69) is 34.3 Å². The van der Waals surface area contributed by atoms with E-state index in [4.69, 9.17) is 4.74 Å². The summed E-state index contributed by atoms with van der Waals surface area (Å²) in [7, 11) is 3.14. The Morgan fingerprint density at radius 2 is 1.81 bits per heavy atom. The number of imidazole rings is 1. The second kappa shape index (κ2) is 10.3. The number of methoxy groups -OCH3 is 1. The van der Waals surface area contributed by atoms with E-state index in [1.54, 1.807) is 38.3 Å². The second-order valence-corrected chi connectivity index (χ2v) is 9.43. The molecular formula is C27H28N4O4S. The van der Waals surface area contributed by atoms with Gasteiger partial charge in [0.25, 0.3) is 17.2 Å². The van der Waals surface area contributed by atoms with E-state index in [1.807, 2.05) is 31.2 Å². The van der Waals surface area contributed by atoms with Gasteiger partial charge >= 0.3 is 0 Å². The highest BCUT2D eigenvalue weighted by atomic mass is 32.2. The molecule has 0 saturated carbocycles. The lowest BCUT2D eigenvalue weighted by molar-refractivity contribution is 0.102. The number of nitrogens with zero attached hydrogens (tertiary/aromatic N) is 2. The van der Waals surface area contributed by atoms with Crippen LogP contribution in [0.25, 0.3) is 22.5 Å². The number of hydrogen-bond acceptors (Lipinski definition) is 4. The highest BCUT2D eigenvalue weighted by molar-refractivity contribution is 7.80. The Bertz CT molecular complexity index is 1460. The topological polar surface area (TPSA) is 108 Å². The van der Waals surface area contributed by atoms with Crippen LogP contribution in [0.15, 0.2) is 60.7 Å². The normalized spacial score (nSPS) is 11.7. The van der Waals surface area contributed by atoms with Gasteiger partial charge in [0.1, 0.15) is 17.3 Å². The first-order valence-corrected chi connectivity index (χ1v) is 12.3. The third kappa shape index (κ3) is 4.89. The van der Waals surface area contributed by atoms with E-state index in [-0.39, 0.29) is 11.6 Å². The Labute approximate surface area is 212 Å². The van der Waals surface area contributed by atoms with Crippen LogP contribution in [0, 0.1) is 20.8 Å². The van der Waals surface area contributed by atoms with Crippen LogP contribution in [-0.2, 0) is 11.3 Å². The van der Waals surface area contributed by atoms with E-state index in [0.717, 1.165) is 33.6 Å². The van der Waals surface area contributed by atoms with Crippen LogP contribution in [-0.4, -0.2) is 38.8 Å². The zero-order valence-electron chi connectivity index (χ0n) is 20.7. The van der Waals surface area contributed by atoms with Gasteiger partial charge in [-0.2, -0.15) is 0 Å². The number of rotatable bonds is 7. The summed E-state index contributed by atoms with van der Waals surface area (Å²) in [5.41, 5.74) is 6.90. The second-order valence-electron chi connectivity index (χ2n) is 8.42. The van der Waals surface area contributed by atoms with Gasteiger partial charge in [0.15, 0.2) is 0 Å². The van der Waals surface area contributed by atoms with Crippen LogP contribution >= 0.6 is 0 Å². The molecule has 0 saturated heterocycles. The number of anilines is 2. The third-order valence-corrected chi connectivity index (χ3v) is 6.80. The van der Waals surface area contributed by atoms with E-state index >= 15 is 0 Å². The average Bonchev–Trinajstić information content (AvgIpc) is 3.25. The van der Waals surface area contributed by atoms with Gasteiger partial charge in [-0.05, 0) is 67.8 Å². The summed E-state index contributed by atoms with van der Waals surface area (Å²) >= 11 is -2.17. The van der Waals surface area contributed by atoms with Crippen molar-refractivity contribution in [3.63, 3.8) is 0 Å². The Kier molecular flexibility index (Phi) is 7.23. The molecule has 0 aliphatic heterocycles. The SMILES string of the molecule is COc1ccc(-c2nc(C(=O)Nc3cccc(N(C)S(=O)O)c3)c(C)[nH]2)c(C)c1-c1ccccc1C. The molecule has 8 nitrogen and oxygen atoms in total. The van der Waals surface area contributed by atoms with Crippen LogP contribution in [0.5, 0.6) is 5.75 Å². The molecule has 1 heterocycles. The van der Waals surface area contributed by atoms with Crippen LogP contribution < -0.4 is 14.4 Å². The summed E-state index contributed by atoms with van der Waals surface area (Å²) in [4.78, 5) is 21.0. The van der Waals surface area contributed by atoms with Crippen LogP contribution in [0.4, 0.5) is 11.4 Å². The smallest absolute Gasteiger partial charge is 0.276 e. The van der Waals surface area contributed by atoms with Crippen molar-refractivity contribution in [3.8, 4) is 28.3 Å². The zero-order valence-corrected chi connectivity index (χ0v) is 21.6. The Hall–Kier alpha value is -3.95. The van der Waals surface area contributed by atoms with Gasteiger partial charge in [-0.15, -0.1) is 0 Å². The molecule has 0 aliphatic rings. The van der Waals surface area contributed by atoms with E-state index in [9.17, 15) is 13.6 Å². The van der Waals surface area contributed by atoms with E-state index in [0.29, 0.717) is 22.9 Å². The largest absolute Gasteiger partial charge is 0.496 e. The summed E-state index contributed by atoms with van der Waals surface area (Å²) in [6, 6.07) is 18.7. The maximum absolute atomic E-state index is 13.1. The molecule has 3 aromatic carbocycles. The van der Waals surface area contributed by atoms with Crippen molar-refractivity contribution in [2.45, 2.75) is 20.8 Å². The standard InChI is InChI=1S/C27H28N4O4S/c1-16-9-6-7-12-21(16)24-17(2)22(13-14-23(24)35-5)26-28-18(3)25(30-26)27(32)29-19-10-8-11-20(15-19)31(4)36(33)34/h6-15H,1-5H3,(H,28,30)(H,29,32)(H,33,34). The van der Waals surface area contributed by atoms with Crippen LogP contribution in [0.2, 0.25) is 0 Å². The van der Waals surface area contributed by atoms with Crippen LogP contribution in [0.1, 0.15) is 27.3 Å². The van der Waals surface area contributed by atoms with Gasteiger partial charge in [0, 0.05) is 29.6 Å². The molecule has 4 aromatic rings. The zero-order chi connectivity index (χ0) is 26.0. The minimum Gasteiger partial charge on any atom is -0.496 e. The fourth-order valence-electron chi connectivity index (χ4n) is 4.17. The van der Waals surface area contributed by atoms with Crippen molar-refractivity contribution >= 4 is 28.5 Å². The monoisotopic (exact) mass is 504 g/mol. The number of ether oxygens (including phenoxy) is 1. The molecule has 1 atom stereocenters. The molecule has 1 amide bonds. The predicted octanol–water partition coefficient (Wildman–Crippen LogP) is 5.50. The van der Waals surface area contributed by atoms with Gasteiger partial charge in [-0.3, -0.25) is 13.7 Å². The van der Waals surface area contributed by atoms with Crippen molar-refractivity contribution < 1.29 is 18.3 Å². The summed E-state index contributed by atoms with van der Waals surface area (Å²) in [5.74, 6) is 0.961. The molecule has 186 valence electrons. The molecule has 9 heteroatoms. The van der Waals surface area contributed by atoms with Gasteiger partial charge in [-0.25, -0.2) is 9.19 Å². The Morgan fingerprint density at radius 1 is 1.06 bits per heavy atom. The molecule has 4 rings (SSSR count). The number of aromatic nitrogens is 2. The van der Waals surface area contributed by atoms with Crippen molar-refractivity contribution in [1.29, 1.82) is 0 Å². The fourth-order valence-corrected chi connectivity index (χ4v) is 4.46. The predicted molar refractivity (Wildman–Crippen MR) is 144 cm³/mol. The van der Waals surface area contributed by atoms with Gasteiger partial charge in [0.2, 0.25) is 0 Å². The van der Waals surface area contributed by atoms with Crippen molar-refractivity contribution in [2.75, 3.05) is 23.8 Å². The third-order valence-electron chi connectivity index (χ3n) is 6.12. The van der Waals surface area contributed by atoms with Crippen LogP contribution in [0.3, 0.4) is 0 Å². The van der Waals surface area contributed by atoms with Gasteiger partial charge < -0.3 is 15.0 Å². The average molecular weight is 505 g/mol. The maximum atomic E-state index is 13.1. The number of hydrogen-bond donors (Lipinski definition) is 3. The molecule has 1 aromatic heterocycles. The van der Waals surface area contributed by atoms with Gasteiger partial charge in [0.05, 0.1) is 12.8 Å². The lowest BCUT2D eigenvalue weighted by atomic mass is 9.92. The minimum atomic E-state index is -2.17. The van der Waals surface area contributed by atoms with Gasteiger partial charge in [-0.1, -0.05) is 30.3 Å². The molecule has 36 heavy (non-hydrogen) atoms. The number of benzene rings is 3. The summed E-state index contributed by atoms with van der Waals surface area (Å²) in [5, 5.41) is 2.83. The first-order valence-electron chi connectivity index (χ1n) is 11.3. The molecule has 0 spiro atoms. The summed E-state index contributed by atoms with van der Waals surface area (Å²) in [6.45, 7) is 5.88. The number of carbonyl (C=O) groups is 1. The molecule has 3 N–H and O–H groups in total. The molecule has 1 unspecified atom stereocenters. The van der Waals surface area contributed by atoms with E-state index < -0.39 is 11.3 Å². The highest BCUT2D eigenvalue weighted by Gasteiger charge is 2.21. The fraction of sp³-hybridized carbons (Fsp3) is 0.185. The number of aromatic amines is 1. The molecule has 0 fully saturated rings. The number of amides is 1. The lowest BCUT2D eigenvalue weighted by Gasteiger charge is -2.16. The Balaban J connectivity index is 1.68. The molecular weight excluding hydrogens is 476 g/mol. The molecule has 0 bridgehead atoms. The number of carbonyl (C=O) groups excluding carboxylic acids is 1. The minimum absolute atomic E-state index is 0.266. The molecule has 0 aliphatic carbocycles.